The van der Waals surface area contributed by atoms with Crippen LogP contribution in [0.2, 0.25) is 0 Å². The first-order valence-electron chi connectivity index (χ1n) is 8.26. The van der Waals surface area contributed by atoms with E-state index in [9.17, 15) is 4.79 Å². The average Bonchev–Trinajstić information content (AvgIpc) is 2.96. The van der Waals surface area contributed by atoms with Crippen LogP contribution in [0.5, 0.6) is 0 Å². The summed E-state index contributed by atoms with van der Waals surface area (Å²) in [5.41, 5.74) is 1.17. The number of piperidine rings is 1. The maximum absolute atomic E-state index is 11.3. The zero-order chi connectivity index (χ0) is 16.1. The highest BCUT2D eigenvalue weighted by Crippen LogP contribution is 2.36. The molecule has 0 bridgehead atoms. The normalized spacial score (nSPS) is 28.1. The molecule has 1 aromatic rings. The standard InChI is InChI=1S/C17H25N3O3/c1-18-16(21)12-22-15-9-17(23-11-15)5-2-8-20(13-17)10-14-3-6-19-7-4-14/h3-4,6-7,15H,2,5,8-13H2,1H3,(H,18,21). The van der Waals surface area contributed by atoms with Crippen LogP contribution in [-0.2, 0) is 20.8 Å². The van der Waals surface area contributed by atoms with Gasteiger partial charge < -0.3 is 14.8 Å². The van der Waals surface area contributed by atoms with Gasteiger partial charge in [-0.2, -0.15) is 0 Å². The number of aromatic nitrogens is 1. The Hall–Kier alpha value is -1.50. The van der Waals surface area contributed by atoms with Crippen molar-refractivity contribution in [1.82, 2.24) is 15.2 Å². The molecule has 2 atom stereocenters. The van der Waals surface area contributed by atoms with Crippen LogP contribution in [0.15, 0.2) is 24.5 Å². The Morgan fingerprint density at radius 3 is 3.13 bits per heavy atom. The van der Waals surface area contributed by atoms with E-state index in [1.807, 2.05) is 12.4 Å². The summed E-state index contributed by atoms with van der Waals surface area (Å²) in [6.07, 6.45) is 6.77. The van der Waals surface area contributed by atoms with Crippen LogP contribution in [0.4, 0.5) is 0 Å². The van der Waals surface area contributed by atoms with E-state index in [4.69, 9.17) is 9.47 Å². The van der Waals surface area contributed by atoms with Crippen LogP contribution in [0.25, 0.3) is 0 Å². The quantitative estimate of drug-likeness (QED) is 0.876. The molecule has 3 heterocycles. The molecule has 2 saturated heterocycles. The lowest BCUT2D eigenvalue weighted by molar-refractivity contribution is -0.127. The third kappa shape index (κ3) is 4.28. The fourth-order valence-electron chi connectivity index (χ4n) is 3.53. The maximum atomic E-state index is 11.3. The zero-order valence-electron chi connectivity index (χ0n) is 13.7. The monoisotopic (exact) mass is 319 g/mol. The van der Waals surface area contributed by atoms with E-state index in [1.165, 1.54) is 5.56 Å². The van der Waals surface area contributed by atoms with Gasteiger partial charge in [0.15, 0.2) is 0 Å². The molecule has 2 unspecified atom stereocenters. The number of likely N-dealkylation sites (N-methyl/N-ethyl adjacent to an activating group) is 1. The smallest absolute Gasteiger partial charge is 0.245 e. The largest absolute Gasteiger partial charge is 0.371 e. The predicted molar refractivity (Wildman–Crippen MR) is 85.9 cm³/mol. The molecule has 6 nitrogen and oxygen atoms in total. The van der Waals surface area contributed by atoms with E-state index in [0.29, 0.717) is 6.61 Å². The molecule has 0 aliphatic carbocycles. The highest BCUT2D eigenvalue weighted by molar-refractivity contribution is 5.76. The number of pyridine rings is 1. The van der Waals surface area contributed by atoms with Crippen LogP contribution in [0.3, 0.4) is 0 Å². The second-order valence-electron chi connectivity index (χ2n) is 6.47. The molecule has 1 aromatic heterocycles. The molecule has 0 radical (unpaired) electrons. The van der Waals surface area contributed by atoms with Gasteiger partial charge in [0.05, 0.1) is 18.3 Å². The topological polar surface area (TPSA) is 63.7 Å². The lowest BCUT2D eigenvalue weighted by atomic mass is 9.89. The molecule has 1 spiro atoms. The van der Waals surface area contributed by atoms with Gasteiger partial charge in [0.1, 0.15) is 6.61 Å². The number of hydrogen-bond donors (Lipinski definition) is 1. The summed E-state index contributed by atoms with van der Waals surface area (Å²) in [7, 11) is 1.62. The molecule has 2 aliphatic heterocycles. The number of carbonyl (C=O) groups is 1. The molecule has 6 heteroatoms. The summed E-state index contributed by atoms with van der Waals surface area (Å²) >= 11 is 0. The number of hydrogen-bond acceptors (Lipinski definition) is 5. The molecule has 1 amide bonds. The van der Waals surface area contributed by atoms with Crippen molar-refractivity contribution in [2.45, 2.75) is 37.5 Å². The predicted octanol–water partition coefficient (Wildman–Crippen LogP) is 0.968. The van der Waals surface area contributed by atoms with E-state index >= 15 is 0 Å². The SMILES string of the molecule is CNC(=O)COC1COC2(CCCN(Cc3ccncc3)C2)C1. The fourth-order valence-corrected chi connectivity index (χ4v) is 3.53. The number of nitrogens with one attached hydrogen (secondary N) is 1. The molecular weight excluding hydrogens is 294 g/mol. The van der Waals surface area contributed by atoms with Crippen molar-refractivity contribution in [2.75, 3.05) is 33.4 Å². The van der Waals surface area contributed by atoms with Gasteiger partial charge in [-0.3, -0.25) is 14.7 Å². The lowest BCUT2D eigenvalue weighted by Crippen LogP contribution is -2.47. The van der Waals surface area contributed by atoms with Crippen molar-refractivity contribution in [3.63, 3.8) is 0 Å². The number of ether oxygens (including phenoxy) is 2. The van der Waals surface area contributed by atoms with Crippen molar-refractivity contribution in [2.24, 2.45) is 0 Å². The summed E-state index contributed by atoms with van der Waals surface area (Å²) in [5, 5.41) is 2.58. The Morgan fingerprint density at radius 2 is 2.35 bits per heavy atom. The van der Waals surface area contributed by atoms with Gasteiger partial charge in [-0.05, 0) is 37.1 Å². The van der Waals surface area contributed by atoms with Gasteiger partial charge in [0, 0.05) is 39.0 Å². The second-order valence-corrected chi connectivity index (χ2v) is 6.47. The number of likely N-dealkylation sites (tertiary alicyclic amines) is 1. The molecule has 126 valence electrons. The molecule has 23 heavy (non-hydrogen) atoms. The third-order valence-corrected chi connectivity index (χ3v) is 4.68. The van der Waals surface area contributed by atoms with Crippen LogP contribution in [0.1, 0.15) is 24.8 Å². The van der Waals surface area contributed by atoms with Crippen LogP contribution < -0.4 is 5.32 Å². The number of nitrogens with zero attached hydrogens (tertiary/aromatic N) is 2. The van der Waals surface area contributed by atoms with Gasteiger partial charge in [-0.1, -0.05) is 0 Å². The van der Waals surface area contributed by atoms with Crippen LogP contribution in [0, 0.1) is 0 Å². The molecule has 0 saturated carbocycles. The fraction of sp³-hybridized carbons (Fsp3) is 0.647. The summed E-state index contributed by atoms with van der Waals surface area (Å²) < 4.78 is 11.8. The average molecular weight is 319 g/mol. The van der Waals surface area contributed by atoms with Gasteiger partial charge in [-0.15, -0.1) is 0 Å². The molecule has 3 rings (SSSR count). The Balaban J connectivity index is 1.53. The number of rotatable bonds is 5. The van der Waals surface area contributed by atoms with E-state index < -0.39 is 0 Å². The Bertz CT molecular complexity index is 525. The number of carbonyl (C=O) groups excluding carboxylic acids is 1. The summed E-state index contributed by atoms with van der Waals surface area (Å²) in [6.45, 7) is 3.64. The lowest BCUT2D eigenvalue weighted by Gasteiger charge is -2.39. The minimum Gasteiger partial charge on any atom is -0.371 e. The first kappa shape index (κ1) is 16.4. The van der Waals surface area contributed by atoms with Gasteiger partial charge >= 0.3 is 0 Å². The highest BCUT2D eigenvalue weighted by Gasteiger charge is 2.43. The van der Waals surface area contributed by atoms with Crippen molar-refractivity contribution >= 4 is 5.91 Å². The molecule has 2 aliphatic rings. The zero-order valence-corrected chi connectivity index (χ0v) is 13.7. The minimum absolute atomic E-state index is 0.0215. The minimum atomic E-state index is -0.112. The van der Waals surface area contributed by atoms with E-state index in [1.54, 1.807) is 7.05 Å². The van der Waals surface area contributed by atoms with Crippen molar-refractivity contribution in [3.05, 3.63) is 30.1 Å². The Labute approximate surface area is 137 Å². The van der Waals surface area contributed by atoms with Crippen LogP contribution >= 0.6 is 0 Å². The molecule has 2 fully saturated rings. The van der Waals surface area contributed by atoms with Crippen LogP contribution in [-0.4, -0.2) is 60.8 Å². The Kier molecular flexibility index (Phi) is 5.25. The maximum Gasteiger partial charge on any atom is 0.245 e. The highest BCUT2D eigenvalue weighted by atomic mass is 16.6. The van der Waals surface area contributed by atoms with Crippen molar-refractivity contribution in [1.29, 1.82) is 0 Å². The van der Waals surface area contributed by atoms with Gasteiger partial charge in [-0.25, -0.2) is 0 Å². The Morgan fingerprint density at radius 1 is 1.52 bits per heavy atom. The van der Waals surface area contributed by atoms with Crippen molar-refractivity contribution in [3.8, 4) is 0 Å². The molecule has 1 N–H and O–H groups in total. The summed E-state index contributed by atoms with van der Waals surface area (Å²) in [5.74, 6) is -0.0890. The van der Waals surface area contributed by atoms with Gasteiger partial charge in [0.25, 0.3) is 0 Å². The first-order valence-corrected chi connectivity index (χ1v) is 8.26. The number of amides is 1. The molecule has 0 aromatic carbocycles. The summed E-state index contributed by atoms with van der Waals surface area (Å²) in [4.78, 5) is 17.8. The summed E-state index contributed by atoms with van der Waals surface area (Å²) in [6, 6.07) is 4.12. The van der Waals surface area contributed by atoms with E-state index in [0.717, 1.165) is 38.9 Å². The van der Waals surface area contributed by atoms with E-state index in [-0.39, 0.29) is 24.2 Å². The van der Waals surface area contributed by atoms with Crippen molar-refractivity contribution < 1.29 is 14.3 Å². The molecular formula is C17H25N3O3. The van der Waals surface area contributed by atoms with E-state index in [2.05, 4.69) is 27.3 Å². The first-order chi connectivity index (χ1) is 11.2. The van der Waals surface area contributed by atoms with Gasteiger partial charge in [0.2, 0.25) is 5.91 Å². The third-order valence-electron chi connectivity index (χ3n) is 4.68. The second kappa shape index (κ2) is 7.38.